The minimum Gasteiger partial charge on any atom is -0.384 e. The molecular weight excluding hydrogens is 388 g/mol. The maximum Gasteiger partial charge on any atom is 0.220 e. The second-order valence-corrected chi connectivity index (χ2v) is 10.6. The fourth-order valence-electron chi connectivity index (χ4n) is 4.22. The molecule has 0 spiro atoms. The third-order valence-corrected chi connectivity index (χ3v) is 6.66. The lowest BCUT2D eigenvalue weighted by Crippen LogP contribution is -2.54. The van der Waals surface area contributed by atoms with Crippen molar-refractivity contribution in [3.63, 3.8) is 0 Å². The van der Waals surface area contributed by atoms with E-state index in [1.165, 1.54) is 0 Å². The average Bonchev–Trinajstić information content (AvgIpc) is 2.88. The Kier molecular flexibility index (Phi) is 4.60. The number of fused-ring (bicyclic) bond motifs is 3. The summed E-state index contributed by atoms with van der Waals surface area (Å²) < 4.78 is 18.2. The van der Waals surface area contributed by atoms with Gasteiger partial charge < -0.3 is 14.7 Å². The second kappa shape index (κ2) is 6.55. The number of aromatic nitrogens is 3. The molecule has 1 N–H and O–H groups in total. The number of hydrogen-bond acceptors (Lipinski definition) is 7. The van der Waals surface area contributed by atoms with Crippen molar-refractivity contribution in [1.29, 1.82) is 0 Å². The van der Waals surface area contributed by atoms with Crippen LogP contribution >= 0.6 is 0 Å². The van der Waals surface area contributed by atoms with Crippen LogP contribution in [0.4, 0.5) is 11.6 Å². The number of nitrogens with zero attached hydrogens (tertiary/aromatic N) is 4. The molecule has 7 nitrogen and oxygen atoms in total. The fraction of sp³-hybridized carbons (Fsp3) is 0.571. The maximum absolute atomic E-state index is 12.1. The van der Waals surface area contributed by atoms with Crippen LogP contribution in [-0.2, 0) is 26.6 Å². The van der Waals surface area contributed by atoms with Crippen LogP contribution < -0.4 is 4.90 Å². The lowest BCUT2D eigenvalue weighted by molar-refractivity contribution is -0.0893. The molecule has 0 bridgehead atoms. The largest absolute Gasteiger partial charge is 0.384 e. The van der Waals surface area contributed by atoms with Gasteiger partial charge in [0, 0.05) is 23.4 Å². The van der Waals surface area contributed by atoms with Gasteiger partial charge >= 0.3 is 0 Å². The summed E-state index contributed by atoms with van der Waals surface area (Å²) in [4.78, 5) is 15.9. The Morgan fingerprint density at radius 2 is 2.00 bits per heavy atom. The first-order valence-corrected chi connectivity index (χ1v) is 11.3. The van der Waals surface area contributed by atoms with Crippen LogP contribution in [0.5, 0.6) is 0 Å². The summed E-state index contributed by atoms with van der Waals surface area (Å²) in [7, 11) is -1.29. The first-order valence-electron chi connectivity index (χ1n) is 9.76. The van der Waals surface area contributed by atoms with E-state index in [-0.39, 0.29) is 17.1 Å². The van der Waals surface area contributed by atoms with Crippen molar-refractivity contribution in [2.75, 3.05) is 17.8 Å². The van der Waals surface area contributed by atoms with Crippen LogP contribution in [0.1, 0.15) is 52.3 Å². The van der Waals surface area contributed by atoms with E-state index in [2.05, 4.69) is 35.6 Å². The lowest BCUT2D eigenvalue weighted by Gasteiger charge is -2.46. The van der Waals surface area contributed by atoms with Gasteiger partial charge in [0.2, 0.25) is 5.16 Å². The Bertz CT molecular complexity index is 988. The molecule has 3 atom stereocenters. The van der Waals surface area contributed by atoms with Gasteiger partial charge in [-0.15, -0.1) is 0 Å². The van der Waals surface area contributed by atoms with E-state index in [0.29, 0.717) is 23.3 Å². The van der Waals surface area contributed by atoms with Crippen LogP contribution in [0.2, 0.25) is 0 Å². The summed E-state index contributed by atoms with van der Waals surface area (Å²) in [6.07, 6.45) is 4.14. The van der Waals surface area contributed by atoms with Crippen LogP contribution in [0, 0.1) is 0 Å². The summed E-state index contributed by atoms with van der Waals surface area (Å²) in [5.41, 5.74) is -0.0985. The molecule has 8 heteroatoms. The summed E-state index contributed by atoms with van der Waals surface area (Å²) in [5.74, 6) is 1.43. The number of ether oxygens (including phenoxy) is 1. The predicted molar refractivity (Wildman–Crippen MR) is 112 cm³/mol. The van der Waals surface area contributed by atoms with Crippen LogP contribution in [0.15, 0.2) is 29.6 Å². The number of aliphatic hydroxyl groups is 1. The van der Waals surface area contributed by atoms with Crippen molar-refractivity contribution in [2.24, 2.45) is 0 Å². The highest BCUT2D eigenvalue weighted by Gasteiger charge is 2.55. The molecule has 1 saturated heterocycles. The molecule has 2 aromatic rings. The van der Waals surface area contributed by atoms with Crippen molar-refractivity contribution in [3.05, 3.63) is 35.7 Å². The van der Waals surface area contributed by atoms with Gasteiger partial charge in [-0.3, -0.25) is 4.21 Å². The molecule has 4 rings (SSSR count). The zero-order valence-electron chi connectivity index (χ0n) is 17.8. The average molecular weight is 417 g/mol. The van der Waals surface area contributed by atoms with Gasteiger partial charge in [0.05, 0.1) is 34.7 Å². The number of anilines is 2. The highest BCUT2D eigenvalue weighted by molar-refractivity contribution is 7.84. The molecule has 0 radical (unpaired) electrons. The normalized spacial score (nSPS) is 26.7. The molecule has 1 unspecified atom stereocenters. The monoisotopic (exact) mass is 416 g/mol. The molecule has 2 aliphatic rings. The molecule has 0 aliphatic carbocycles. The van der Waals surface area contributed by atoms with E-state index in [4.69, 9.17) is 9.72 Å². The molecule has 0 amide bonds. The Hall–Kier alpha value is -1.90. The maximum atomic E-state index is 12.1. The van der Waals surface area contributed by atoms with Crippen LogP contribution in [-0.4, -0.2) is 48.8 Å². The quantitative estimate of drug-likeness (QED) is 0.770. The first-order chi connectivity index (χ1) is 13.4. The molecule has 156 valence electrons. The Labute approximate surface area is 174 Å². The van der Waals surface area contributed by atoms with Gasteiger partial charge in [-0.05, 0) is 46.2 Å². The summed E-state index contributed by atoms with van der Waals surface area (Å²) in [6.45, 7) is 10.3. The summed E-state index contributed by atoms with van der Waals surface area (Å²) >= 11 is 0. The van der Waals surface area contributed by atoms with Crippen molar-refractivity contribution in [2.45, 2.75) is 68.9 Å². The molecule has 2 aliphatic heterocycles. The minimum atomic E-state index is -1.29. The van der Waals surface area contributed by atoms with E-state index < -0.39 is 16.4 Å². The summed E-state index contributed by atoms with van der Waals surface area (Å²) in [5, 5.41) is 10.8. The number of pyridine rings is 1. The topological polar surface area (TPSA) is 88.4 Å². The first kappa shape index (κ1) is 20.4. The van der Waals surface area contributed by atoms with Gasteiger partial charge in [0.15, 0.2) is 0 Å². The predicted octanol–water partition coefficient (Wildman–Crippen LogP) is 2.81. The standard InChI is InChI=1S/C21H28N4O3S/c1-19(2)10-15-21(5,12-28-19)13-11-22-18(29(6)27)24-17(13)25(15)16-9-7-8-14(23-16)20(3,4)26/h7-9,11,15,26H,10,12H2,1-6H3/t15-,21-,29?/m1/s1. The molecule has 0 saturated carbocycles. The zero-order chi connectivity index (χ0) is 21.2. The SMILES string of the molecule is CS(=O)c1ncc2c(n1)N(c1cccc(C(C)(C)O)n1)[C@@H]1CC(C)(C)OC[C@]21C. The van der Waals surface area contributed by atoms with Gasteiger partial charge in [0.25, 0.3) is 0 Å². The second-order valence-electron chi connectivity index (χ2n) is 9.34. The molecule has 4 heterocycles. The van der Waals surface area contributed by atoms with Crippen molar-refractivity contribution in [1.82, 2.24) is 15.0 Å². The van der Waals surface area contributed by atoms with Crippen molar-refractivity contribution < 1.29 is 14.1 Å². The van der Waals surface area contributed by atoms with E-state index in [9.17, 15) is 9.32 Å². The van der Waals surface area contributed by atoms with Gasteiger partial charge in [-0.1, -0.05) is 13.0 Å². The Morgan fingerprint density at radius 3 is 2.66 bits per heavy atom. The third kappa shape index (κ3) is 3.37. The van der Waals surface area contributed by atoms with Crippen LogP contribution in [0.3, 0.4) is 0 Å². The highest BCUT2D eigenvalue weighted by atomic mass is 32.2. The number of hydrogen-bond donors (Lipinski definition) is 1. The molecule has 1 fully saturated rings. The van der Waals surface area contributed by atoms with Crippen molar-refractivity contribution >= 4 is 22.4 Å². The van der Waals surface area contributed by atoms with Crippen LogP contribution in [0.25, 0.3) is 0 Å². The summed E-state index contributed by atoms with van der Waals surface area (Å²) in [6, 6.07) is 5.70. The number of rotatable bonds is 3. The van der Waals surface area contributed by atoms with E-state index in [1.807, 2.05) is 18.2 Å². The van der Waals surface area contributed by atoms with E-state index in [1.54, 1.807) is 26.3 Å². The van der Waals surface area contributed by atoms with Crippen molar-refractivity contribution in [3.8, 4) is 0 Å². The smallest absolute Gasteiger partial charge is 0.220 e. The minimum absolute atomic E-state index is 0.0562. The molecular formula is C21H28N4O3S. The lowest BCUT2D eigenvalue weighted by atomic mass is 9.73. The van der Waals surface area contributed by atoms with E-state index in [0.717, 1.165) is 17.8 Å². The van der Waals surface area contributed by atoms with Gasteiger partial charge in [-0.25, -0.2) is 15.0 Å². The zero-order valence-corrected chi connectivity index (χ0v) is 18.6. The molecule has 0 aromatic carbocycles. The van der Waals surface area contributed by atoms with Gasteiger partial charge in [0.1, 0.15) is 17.2 Å². The van der Waals surface area contributed by atoms with Gasteiger partial charge in [-0.2, -0.15) is 0 Å². The third-order valence-electron chi connectivity index (χ3n) is 5.95. The molecule has 29 heavy (non-hydrogen) atoms. The fourth-order valence-corrected chi connectivity index (χ4v) is 4.64. The Balaban J connectivity index is 1.92. The van der Waals surface area contributed by atoms with E-state index >= 15 is 0 Å². The highest BCUT2D eigenvalue weighted by Crippen LogP contribution is 2.52. The molecule has 2 aromatic heterocycles. The Morgan fingerprint density at radius 1 is 1.28 bits per heavy atom.